The molecule has 2 aromatic heterocycles. The fourth-order valence-electron chi connectivity index (χ4n) is 1.82. The summed E-state index contributed by atoms with van der Waals surface area (Å²) in [5.41, 5.74) is 6.21. The minimum absolute atomic E-state index is 0. The van der Waals surface area contributed by atoms with Crippen molar-refractivity contribution in [2.45, 2.75) is 5.03 Å². The van der Waals surface area contributed by atoms with E-state index in [1.54, 1.807) is 0 Å². The number of nitrogens with two attached hydrogens (primary N) is 1. The van der Waals surface area contributed by atoms with E-state index in [1.165, 1.54) is 23.9 Å². The van der Waals surface area contributed by atoms with Gasteiger partial charge in [-0.1, -0.05) is 16.8 Å². The fraction of sp³-hybridized carbons (Fsp3) is 0.167. The molecule has 12 heteroatoms. The predicted molar refractivity (Wildman–Crippen MR) is 93.0 cm³/mol. The Morgan fingerprint density at radius 2 is 2.21 bits per heavy atom. The van der Waals surface area contributed by atoms with Crippen LogP contribution < -0.4 is 11.5 Å². The molecule has 128 valence electrons. The summed E-state index contributed by atoms with van der Waals surface area (Å²) >= 11 is 8.16. The molecule has 2 heterocycles. The van der Waals surface area contributed by atoms with Crippen LogP contribution in [0.15, 0.2) is 32.5 Å². The Bertz CT molecular complexity index is 898. The first kappa shape index (κ1) is 18.9. The topological polar surface area (TPSA) is 99.8 Å². The number of nitrogens with zero attached hydrogens (tertiary/aromatic N) is 4. The van der Waals surface area contributed by atoms with Gasteiger partial charge in [-0.3, -0.25) is 4.52 Å². The molecular formula is C12H10Cl2FN5O2S2. The summed E-state index contributed by atoms with van der Waals surface area (Å²) in [6.45, 7) is 0.473. The van der Waals surface area contributed by atoms with E-state index < -0.39 is 11.6 Å². The quantitative estimate of drug-likeness (QED) is 0.646. The first-order valence-electron chi connectivity index (χ1n) is 6.31. The van der Waals surface area contributed by atoms with Crippen molar-refractivity contribution in [2.24, 2.45) is 5.73 Å². The molecule has 3 rings (SSSR count). The molecule has 0 bridgehead atoms. The van der Waals surface area contributed by atoms with Crippen molar-refractivity contribution in [3.8, 4) is 17.2 Å². The van der Waals surface area contributed by atoms with Crippen LogP contribution in [0.4, 0.5) is 4.39 Å². The summed E-state index contributed by atoms with van der Waals surface area (Å²) in [4.78, 5) is 12.0. The highest BCUT2D eigenvalue weighted by Gasteiger charge is 2.22. The number of halogens is 3. The van der Waals surface area contributed by atoms with Gasteiger partial charge in [-0.2, -0.15) is 8.75 Å². The van der Waals surface area contributed by atoms with Gasteiger partial charge in [0.15, 0.2) is 5.69 Å². The second-order valence-corrected chi connectivity index (χ2v) is 6.28. The lowest BCUT2D eigenvalue weighted by Crippen LogP contribution is -2.13. The van der Waals surface area contributed by atoms with Crippen molar-refractivity contribution < 1.29 is 8.91 Å². The number of rotatable bonds is 5. The highest BCUT2D eigenvalue weighted by Crippen LogP contribution is 2.29. The molecule has 0 aliphatic heterocycles. The lowest BCUT2D eigenvalue weighted by molar-refractivity contribution is 0.383. The van der Waals surface area contributed by atoms with Crippen LogP contribution in [0.1, 0.15) is 0 Å². The zero-order chi connectivity index (χ0) is 16.4. The lowest BCUT2D eigenvalue weighted by atomic mass is 10.3. The zero-order valence-corrected chi connectivity index (χ0v) is 15.0. The molecule has 3 aromatic rings. The van der Waals surface area contributed by atoms with Gasteiger partial charge in [0.1, 0.15) is 10.8 Å². The van der Waals surface area contributed by atoms with Crippen LogP contribution >= 0.6 is 47.5 Å². The maximum absolute atomic E-state index is 13.3. The third-order valence-electron chi connectivity index (χ3n) is 2.79. The molecule has 0 unspecified atom stereocenters. The van der Waals surface area contributed by atoms with Gasteiger partial charge >= 0.3 is 5.76 Å². The minimum Gasteiger partial charge on any atom is -0.330 e. The van der Waals surface area contributed by atoms with Gasteiger partial charge < -0.3 is 5.73 Å². The van der Waals surface area contributed by atoms with Crippen molar-refractivity contribution in [2.75, 3.05) is 12.3 Å². The van der Waals surface area contributed by atoms with E-state index >= 15 is 0 Å². The molecule has 0 amide bonds. The summed E-state index contributed by atoms with van der Waals surface area (Å²) in [6.07, 6.45) is 0. The smallest absolute Gasteiger partial charge is 0.330 e. The van der Waals surface area contributed by atoms with Crippen molar-refractivity contribution >= 4 is 47.5 Å². The number of hydrogen-bond donors (Lipinski definition) is 1. The molecule has 0 radical (unpaired) electrons. The SMILES string of the molecule is Cl.NCCSc1nsnc1-c1noc(=O)n1-c1ccc(F)c(Cl)c1. The molecule has 0 spiro atoms. The highest BCUT2D eigenvalue weighted by molar-refractivity contribution is 7.99. The van der Waals surface area contributed by atoms with Crippen LogP contribution in [0.3, 0.4) is 0 Å². The molecule has 0 aliphatic rings. The van der Waals surface area contributed by atoms with Gasteiger partial charge in [0, 0.05) is 12.3 Å². The van der Waals surface area contributed by atoms with Gasteiger partial charge in [0.05, 0.1) is 22.4 Å². The molecule has 0 aliphatic carbocycles. The lowest BCUT2D eigenvalue weighted by Gasteiger charge is -2.04. The van der Waals surface area contributed by atoms with Crippen molar-refractivity contribution in [1.29, 1.82) is 0 Å². The van der Waals surface area contributed by atoms with Gasteiger partial charge in [-0.05, 0) is 18.2 Å². The van der Waals surface area contributed by atoms with Gasteiger partial charge in [-0.15, -0.1) is 24.2 Å². The summed E-state index contributed by atoms with van der Waals surface area (Å²) in [5.74, 6) is -0.504. The maximum Gasteiger partial charge on any atom is 0.446 e. The second-order valence-electron chi connectivity index (χ2n) is 4.26. The van der Waals surface area contributed by atoms with Crippen LogP contribution in [0, 0.1) is 5.82 Å². The van der Waals surface area contributed by atoms with Gasteiger partial charge in [0.2, 0.25) is 5.82 Å². The molecule has 0 atom stereocenters. The fourth-order valence-corrected chi connectivity index (χ4v) is 3.40. The van der Waals surface area contributed by atoms with Crippen molar-refractivity contribution in [3.05, 3.63) is 39.6 Å². The van der Waals surface area contributed by atoms with Gasteiger partial charge in [-0.25, -0.2) is 13.8 Å². The standard InChI is InChI=1S/C12H9ClFN5O2S2.ClH/c13-7-5-6(1-2-8(7)14)19-10(16-21-12(19)20)9-11(18-23-17-9)22-4-3-15;/h1-2,5H,3-4,15H2;1H. The van der Waals surface area contributed by atoms with Crippen LogP contribution in [-0.4, -0.2) is 30.8 Å². The zero-order valence-electron chi connectivity index (χ0n) is 11.8. The van der Waals surface area contributed by atoms with Crippen LogP contribution in [0.25, 0.3) is 17.2 Å². The summed E-state index contributed by atoms with van der Waals surface area (Å²) < 4.78 is 27.5. The monoisotopic (exact) mass is 409 g/mol. The first-order valence-corrected chi connectivity index (χ1v) is 8.41. The molecule has 0 saturated carbocycles. The Labute approximate surface area is 154 Å². The number of hydrogen-bond acceptors (Lipinski definition) is 8. The average molecular weight is 410 g/mol. The Hall–Kier alpha value is -1.46. The molecule has 0 saturated heterocycles. The van der Waals surface area contributed by atoms with E-state index in [9.17, 15) is 9.18 Å². The van der Waals surface area contributed by atoms with Crippen molar-refractivity contribution in [3.63, 3.8) is 0 Å². The number of benzene rings is 1. The van der Waals surface area contributed by atoms with E-state index in [2.05, 4.69) is 13.9 Å². The highest BCUT2D eigenvalue weighted by atomic mass is 35.5. The molecule has 24 heavy (non-hydrogen) atoms. The van der Waals surface area contributed by atoms with E-state index in [0.29, 0.717) is 28.7 Å². The Balaban J connectivity index is 0.00000208. The first-order chi connectivity index (χ1) is 11.1. The molecular weight excluding hydrogens is 400 g/mol. The van der Waals surface area contributed by atoms with E-state index in [1.807, 2.05) is 0 Å². The summed E-state index contributed by atoms with van der Waals surface area (Å²) in [6, 6.07) is 3.87. The van der Waals surface area contributed by atoms with Crippen LogP contribution in [-0.2, 0) is 0 Å². The molecule has 7 nitrogen and oxygen atoms in total. The third-order valence-corrected chi connectivity index (χ3v) is 4.72. The largest absolute Gasteiger partial charge is 0.446 e. The predicted octanol–water partition coefficient (Wildman–Crippen LogP) is 2.61. The van der Waals surface area contributed by atoms with Crippen LogP contribution in [0.2, 0.25) is 5.02 Å². The van der Waals surface area contributed by atoms with E-state index in [0.717, 1.165) is 22.4 Å². The van der Waals surface area contributed by atoms with E-state index in [4.69, 9.17) is 21.9 Å². The molecule has 1 aromatic carbocycles. The summed E-state index contributed by atoms with van der Waals surface area (Å²) in [7, 11) is 0. The molecule has 2 N–H and O–H groups in total. The Kier molecular flexibility index (Phi) is 6.35. The van der Waals surface area contributed by atoms with Crippen molar-refractivity contribution in [1.82, 2.24) is 18.5 Å². The third kappa shape index (κ3) is 3.62. The maximum atomic E-state index is 13.3. The van der Waals surface area contributed by atoms with E-state index in [-0.39, 0.29) is 23.3 Å². The normalized spacial score (nSPS) is 10.6. The summed E-state index contributed by atoms with van der Waals surface area (Å²) in [5, 5.41) is 4.23. The van der Waals surface area contributed by atoms with Crippen LogP contribution in [0.5, 0.6) is 0 Å². The Morgan fingerprint density at radius 1 is 1.42 bits per heavy atom. The number of aromatic nitrogens is 4. The molecule has 0 fully saturated rings. The number of thioether (sulfide) groups is 1. The second kappa shape index (κ2) is 8.08. The average Bonchev–Trinajstić information content (AvgIpc) is 3.14. The minimum atomic E-state index is -0.731. The van der Waals surface area contributed by atoms with Gasteiger partial charge in [0.25, 0.3) is 0 Å². The Morgan fingerprint density at radius 3 is 2.92 bits per heavy atom.